The molecule has 0 unspecified atom stereocenters. The monoisotopic (exact) mass is 269 g/mol. The number of allylic oxidation sites excluding steroid dienone is 2. The van der Waals surface area contributed by atoms with E-state index in [1.165, 1.54) is 0 Å². The molecule has 0 aliphatic carbocycles. The lowest BCUT2D eigenvalue weighted by atomic mass is 10.3. The average Bonchev–Trinajstić information content (AvgIpc) is 2.35. The summed E-state index contributed by atoms with van der Waals surface area (Å²) in [4.78, 5) is 2.18. The molecule has 1 aliphatic heterocycles. The van der Waals surface area contributed by atoms with Gasteiger partial charge in [-0.1, -0.05) is 35.4 Å². The molecule has 0 atom stereocenters. The van der Waals surface area contributed by atoms with Crippen LogP contribution in [0.2, 0.25) is 10.0 Å². The van der Waals surface area contributed by atoms with Crippen LogP contribution in [0.4, 0.5) is 0 Å². The van der Waals surface area contributed by atoms with E-state index in [1.54, 1.807) is 12.1 Å². The minimum Gasteiger partial charge on any atom is -0.492 e. The second-order valence-electron chi connectivity index (χ2n) is 3.69. The lowest BCUT2D eigenvalue weighted by molar-refractivity contribution is 0.263. The molecular weight excluding hydrogens is 257 g/mol. The van der Waals surface area contributed by atoms with Gasteiger partial charge in [-0.2, -0.15) is 0 Å². The molecule has 0 aromatic heterocycles. The molecule has 0 bridgehead atoms. The van der Waals surface area contributed by atoms with Crippen LogP contribution in [0.25, 0.3) is 0 Å². The number of hydrogen-bond acceptors (Lipinski definition) is 2. The van der Waals surface area contributed by atoms with Crippen LogP contribution in [0.3, 0.4) is 0 Å². The summed E-state index contributed by atoms with van der Waals surface area (Å²) in [6.45, 7) is 2.40. The van der Waals surface area contributed by atoms with E-state index in [0.29, 0.717) is 16.7 Å². The maximum atomic E-state index is 5.90. The van der Waals surface area contributed by atoms with Crippen molar-refractivity contribution in [1.82, 2.24) is 4.90 Å². The van der Waals surface area contributed by atoms with Crippen LogP contribution < -0.4 is 4.74 Å². The van der Waals surface area contributed by atoms with E-state index in [9.17, 15) is 0 Å². The Balaban J connectivity index is 1.79. The summed E-state index contributed by atoms with van der Waals surface area (Å²) in [7, 11) is 0. The number of ether oxygens (including phenoxy) is 1. The van der Waals surface area contributed by atoms with Gasteiger partial charge in [-0.25, -0.2) is 0 Å². The van der Waals surface area contributed by atoms with Crippen LogP contribution in [0.1, 0.15) is 0 Å². The Bertz CT molecular complexity index is 443. The summed E-state index contributed by atoms with van der Waals surface area (Å²) in [5.41, 5.74) is 0. The maximum absolute atomic E-state index is 5.90. The molecule has 0 amide bonds. The Hall–Kier alpha value is -1.12. The van der Waals surface area contributed by atoms with Gasteiger partial charge in [-0.3, -0.25) is 0 Å². The molecule has 0 radical (unpaired) electrons. The Morgan fingerprint density at radius 2 is 2.06 bits per heavy atom. The smallest absolute Gasteiger partial charge is 0.120 e. The van der Waals surface area contributed by atoms with E-state index in [4.69, 9.17) is 27.9 Å². The topological polar surface area (TPSA) is 12.5 Å². The fraction of sp³-hybridized carbons (Fsp3) is 0.231. The standard InChI is InChI=1S/C13H13Cl2NO/c14-12-5-4-11(10-13(12)15)17-9-8-16-6-2-1-3-7-16/h1-6,10H,7-9H2. The van der Waals surface area contributed by atoms with Gasteiger partial charge in [-0.05, 0) is 24.4 Å². The van der Waals surface area contributed by atoms with Crippen molar-refractivity contribution < 1.29 is 4.74 Å². The van der Waals surface area contributed by atoms with Gasteiger partial charge in [0, 0.05) is 12.6 Å². The van der Waals surface area contributed by atoms with Crippen LogP contribution in [0, 0.1) is 0 Å². The largest absolute Gasteiger partial charge is 0.492 e. The van der Waals surface area contributed by atoms with Gasteiger partial charge >= 0.3 is 0 Å². The highest BCUT2D eigenvalue weighted by atomic mass is 35.5. The van der Waals surface area contributed by atoms with Crippen molar-refractivity contribution in [2.45, 2.75) is 0 Å². The highest BCUT2D eigenvalue weighted by Gasteiger charge is 2.02. The first kappa shape index (κ1) is 12.3. The first-order chi connectivity index (χ1) is 8.25. The lowest BCUT2D eigenvalue weighted by Gasteiger charge is -2.20. The third kappa shape index (κ3) is 3.69. The van der Waals surface area contributed by atoms with Crippen LogP contribution in [-0.4, -0.2) is 24.6 Å². The zero-order chi connectivity index (χ0) is 12.1. The lowest BCUT2D eigenvalue weighted by Crippen LogP contribution is -2.24. The van der Waals surface area contributed by atoms with Gasteiger partial charge in [-0.15, -0.1) is 0 Å². The summed E-state index contributed by atoms with van der Waals surface area (Å²) in [5, 5.41) is 1.06. The summed E-state index contributed by atoms with van der Waals surface area (Å²) < 4.78 is 5.60. The van der Waals surface area contributed by atoms with Crippen LogP contribution in [-0.2, 0) is 0 Å². The molecule has 4 heteroatoms. The van der Waals surface area contributed by atoms with E-state index < -0.39 is 0 Å². The molecule has 17 heavy (non-hydrogen) atoms. The minimum atomic E-state index is 0.518. The molecule has 0 N–H and O–H groups in total. The molecule has 0 saturated carbocycles. The van der Waals surface area contributed by atoms with Crippen molar-refractivity contribution in [3.05, 3.63) is 52.7 Å². The van der Waals surface area contributed by atoms with Crippen molar-refractivity contribution in [2.75, 3.05) is 19.7 Å². The van der Waals surface area contributed by atoms with Crippen LogP contribution in [0.5, 0.6) is 5.75 Å². The molecule has 1 aromatic rings. The predicted octanol–water partition coefficient (Wildman–Crippen LogP) is 3.76. The van der Waals surface area contributed by atoms with Crippen molar-refractivity contribution >= 4 is 23.2 Å². The third-order valence-electron chi connectivity index (χ3n) is 2.42. The minimum absolute atomic E-state index is 0.518. The first-order valence-corrected chi connectivity index (χ1v) is 6.16. The van der Waals surface area contributed by atoms with Crippen LogP contribution >= 0.6 is 23.2 Å². The molecule has 90 valence electrons. The van der Waals surface area contributed by atoms with E-state index in [1.807, 2.05) is 18.2 Å². The van der Waals surface area contributed by atoms with Gasteiger partial charge in [0.05, 0.1) is 16.6 Å². The summed E-state index contributed by atoms with van der Waals surface area (Å²) in [5.74, 6) is 0.746. The second-order valence-corrected chi connectivity index (χ2v) is 4.50. The number of benzene rings is 1. The number of halogens is 2. The average molecular weight is 270 g/mol. The Labute approximate surface area is 111 Å². The van der Waals surface area contributed by atoms with Crippen molar-refractivity contribution in [3.8, 4) is 5.75 Å². The predicted molar refractivity (Wildman–Crippen MR) is 71.8 cm³/mol. The molecule has 1 aromatic carbocycles. The maximum Gasteiger partial charge on any atom is 0.120 e. The first-order valence-electron chi connectivity index (χ1n) is 5.41. The molecule has 2 nitrogen and oxygen atoms in total. The number of rotatable bonds is 4. The number of hydrogen-bond donors (Lipinski definition) is 0. The van der Waals surface area contributed by atoms with Crippen molar-refractivity contribution in [3.63, 3.8) is 0 Å². The molecule has 0 fully saturated rings. The fourth-order valence-electron chi connectivity index (χ4n) is 1.52. The SMILES string of the molecule is Clc1ccc(OCCN2C=CC=CC2)cc1Cl. The van der Waals surface area contributed by atoms with E-state index >= 15 is 0 Å². The number of nitrogens with zero attached hydrogens (tertiary/aromatic N) is 1. The molecule has 1 aliphatic rings. The van der Waals surface area contributed by atoms with Crippen molar-refractivity contribution in [1.29, 1.82) is 0 Å². The zero-order valence-corrected chi connectivity index (χ0v) is 10.8. The molecule has 1 heterocycles. The highest BCUT2D eigenvalue weighted by molar-refractivity contribution is 6.42. The molecule has 0 saturated heterocycles. The van der Waals surface area contributed by atoms with Gasteiger partial charge in [0.15, 0.2) is 0 Å². The Morgan fingerprint density at radius 1 is 1.18 bits per heavy atom. The summed E-state index contributed by atoms with van der Waals surface area (Å²) in [6.07, 6.45) is 8.22. The second kappa shape index (κ2) is 5.99. The molecular formula is C13H13Cl2NO. The van der Waals surface area contributed by atoms with E-state index in [2.05, 4.69) is 17.2 Å². The van der Waals surface area contributed by atoms with Crippen LogP contribution in [0.15, 0.2) is 42.6 Å². The summed E-state index contributed by atoms with van der Waals surface area (Å²) in [6, 6.07) is 5.29. The van der Waals surface area contributed by atoms with E-state index in [0.717, 1.165) is 18.8 Å². The third-order valence-corrected chi connectivity index (χ3v) is 3.16. The fourth-order valence-corrected chi connectivity index (χ4v) is 1.81. The Kier molecular flexibility index (Phi) is 4.35. The van der Waals surface area contributed by atoms with Gasteiger partial charge in [0.1, 0.15) is 12.4 Å². The normalized spacial score (nSPS) is 14.1. The van der Waals surface area contributed by atoms with Crippen molar-refractivity contribution in [2.24, 2.45) is 0 Å². The van der Waals surface area contributed by atoms with Gasteiger partial charge in [0.25, 0.3) is 0 Å². The summed E-state index contributed by atoms with van der Waals surface area (Å²) >= 11 is 11.7. The molecule has 2 rings (SSSR count). The van der Waals surface area contributed by atoms with Gasteiger partial charge in [0.2, 0.25) is 0 Å². The quantitative estimate of drug-likeness (QED) is 0.826. The Morgan fingerprint density at radius 3 is 2.76 bits per heavy atom. The highest BCUT2D eigenvalue weighted by Crippen LogP contribution is 2.26. The van der Waals surface area contributed by atoms with E-state index in [-0.39, 0.29) is 0 Å². The zero-order valence-electron chi connectivity index (χ0n) is 9.27. The van der Waals surface area contributed by atoms with Gasteiger partial charge < -0.3 is 9.64 Å². The molecule has 0 spiro atoms.